The summed E-state index contributed by atoms with van der Waals surface area (Å²) < 4.78 is 67.8. The van der Waals surface area contributed by atoms with E-state index < -0.39 is 24.3 Å². The van der Waals surface area contributed by atoms with Crippen LogP contribution >= 0.6 is 11.3 Å². The molecule has 1 aliphatic heterocycles. The minimum absolute atomic E-state index is 0.345. The van der Waals surface area contributed by atoms with Gasteiger partial charge >= 0.3 is 24.3 Å². The molecule has 2 N–H and O–H groups in total. The van der Waals surface area contributed by atoms with Gasteiger partial charge in [-0.25, -0.2) is 14.6 Å². The lowest BCUT2D eigenvalue weighted by atomic mass is 10.2. The third-order valence-electron chi connectivity index (χ3n) is 5.02. The third kappa shape index (κ3) is 8.89. The van der Waals surface area contributed by atoms with E-state index in [9.17, 15) is 26.3 Å². The summed E-state index contributed by atoms with van der Waals surface area (Å²) in [6, 6.07) is 6.76. The molecule has 0 amide bonds. The van der Waals surface area contributed by atoms with E-state index in [0.717, 1.165) is 26.2 Å². The topological polar surface area (TPSA) is 113 Å². The van der Waals surface area contributed by atoms with Gasteiger partial charge in [0, 0.05) is 41.8 Å². The summed E-state index contributed by atoms with van der Waals surface area (Å²) >= 11 is 1.89. The Morgan fingerprint density at radius 3 is 2.11 bits per heavy atom. The summed E-state index contributed by atoms with van der Waals surface area (Å²) in [7, 11) is 0. The Balaban J connectivity index is 0.000000286. The molecule has 0 aromatic carbocycles. The Hall–Kier alpha value is -3.40. The zero-order chi connectivity index (χ0) is 28.0. The maximum absolute atomic E-state index is 10.6. The van der Waals surface area contributed by atoms with Crippen molar-refractivity contribution in [3.05, 3.63) is 58.1 Å². The molecule has 0 fully saturated rings. The van der Waals surface area contributed by atoms with Gasteiger partial charge in [0.1, 0.15) is 5.82 Å². The van der Waals surface area contributed by atoms with Gasteiger partial charge in [-0.05, 0) is 32.0 Å². The lowest BCUT2D eigenvalue weighted by Crippen LogP contribution is -2.37. The van der Waals surface area contributed by atoms with E-state index in [1.807, 2.05) is 40.7 Å². The molecular formula is C21H23F6N5O4S. The summed E-state index contributed by atoms with van der Waals surface area (Å²) in [5.74, 6) is -4.34. The van der Waals surface area contributed by atoms with Crippen LogP contribution in [0.2, 0.25) is 0 Å². The third-order valence-corrected chi connectivity index (χ3v) is 6.01. The standard InChI is InChI=1S/C17H21N5S.2C2HF3O2/c1-13-4-5-16(23-13)12-20-8-9-22-15(10-18-17(22)14(20)2)11-21-7-3-6-19-21;2*3-2(4,5)1(6)7/h3-7,10,14H,8-9,11-12H2,1-2H3;2*(H,6,7). The summed E-state index contributed by atoms with van der Waals surface area (Å²) in [6.07, 6.45) is -4.34. The number of carbonyl (C=O) groups is 2. The molecule has 37 heavy (non-hydrogen) atoms. The molecule has 4 heterocycles. The van der Waals surface area contributed by atoms with Crippen molar-refractivity contribution in [1.82, 2.24) is 24.2 Å². The summed E-state index contributed by atoms with van der Waals surface area (Å²) in [5, 5.41) is 18.5. The fourth-order valence-corrected chi connectivity index (χ4v) is 4.19. The second-order valence-electron chi connectivity index (χ2n) is 7.73. The first-order valence-electron chi connectivity index (χ1n) is 10.5. The van der Waals surface area contributed by atoms with Crippen molar-refractivity contribution in [1.29, 1.82) is 0 Å². The van der Waals surface area contributed by atoms with Gasteiger partial charge in [0.2, 0.25) is 0 Å². The Kier molecular flexibility index (Phi) is 9.86. The highest BCUT2D eigenvalue weighted by Crippen LogP contribution is 2.28. The number of aryl methyl sites for hydroxylation is 1. The molecule has 1 atom stereocenters. The minimum Gasteiger partial charge on any atom is -0.475 e. The molecule has 16 heteroatoms. The first-order chi connectivity index (χ1) is 17.1. The number of fused-ring (bicyclic) bond motifs is 1. The molecular weight excluding hydrogens is 532 g/mol. The van der Waals surface area contributed by atoms with Crippen LogP contribution in [0.4, 0.5) is 26.3 Å². The van der Waals surface area contributed by atoms with Crippen molar-refractivity contribution < 1.29 is 46.1 Å². The molecule has 3 aromatic heterocycles. The summed E-state index contributed by atoms with van der Waals surface area (Å²) in [4.78, 5) is 27.8. The molecule has 204 valence electrons. The molecule has 4 rings (SSSR count). The van der Waals surface area contributed by atoms with E-state index in [0.29, 0.717) is 6.04 Å². The van der Waals surface area contributed by atoms with Gasteiger partial charge in [0.05, 0.1) is 24.5 Å². The van der Waals surface area contributed by atoms with Crippen molar-refractivity contribution in [3.63, 3.8) is 0 Å². The minimum atomic E-state index is -5.08. The molecule has 3 aromatic rings. The van der Waals surface area contributed by atoms with Gasteiger partial charge in [-0.1, -0.05) is 0 Å². The van der Waals surface area contributed by atoms with Gasteiger partial charge in [-0.2, -0.15) is 31.4 Å². The number of halogens is 6. The van der Waals surface area contributed by atoms with Gasteiger partial charge in [-0.3, -0.25) is 9.58 Å². The smallest absolute Gasteiger partial charge is 0.475 e. The maximum Gasteiger partial charge on any atom is 0.490 e. The van der Waals surface area contributed by atoms with Gasteiger partial charge in [0.15, 0.2) is 0 Å². The van der Waals surface area contributed by atoms with E-state index >= 15 is 0 Å². The zero-order valence-corrected chi connectivity index (χ0v) is 20.3. The quantitative estimate of drug-likeness (QED) is 0.461. The average Bonchev–Trinajstić information content (AvgIpc) is 3.53. The van der Waals surface area contributed by atoms with Gasteiger partial charge < -0.3 is 14.8 Å². The van der Waals surface area contributed by atoms with Crippen molar-refractivity contribution in [2.75, 3.05) is 6.54 Å². The van der Waals surface area contributed by atoms with Crippen LogP contribution < -0.4 is 0 Å². The van der Waals surface area contributed by atoms with Crippen molar-refractivity contribution in [3.8, 4) is 0 Å². The maximum atomic E-state index is 10.6. The fraction of sp³-hybridized carbons (Fsp3) is 0.429. The average molecular weight is 556 g/mol. The van der Waals surface area contributed by atoms with E-state index in [1.165, 1.54) is 21.3 Å². The van der Waals surface area contributed by atoms with Crippen molar-refractivity contribution in [2.24, 2.45) is 0 Å². The van der Waals surface area contributed by atoms with E-state index in [2.05, 4.69) is 40.5 Å². The summed E-state index contributed by atoms with van der Waals surface area (Å²) in [5.41, 5.74) is 1.24. The molecule has 0 saturated heterocycles. The number of rotatable bonds is 4. The van der Waals surface area contributed by atoms with Crippen LogP contribution in [0.1, 0.15) is 34.2 Å². The Morgan fingerprint density at radius 1 is 1.05 bits per heavy atom. The number of carboxylic acid groups (broad SMARTS) is 2. The first kappa shape index (κ1) is 29.8. The molecule has 1 aliphatic rings. The van der Waals surface area contributed by atoms with Crippen LogP contribution in [0.25, 0.3) is 0 Å². The highest BCUT2D eigenvalue weighted by atomic mass is 32.1. The second-order valence-corrected chi connectivity index (χ2v) is 9.10. The van der Waals surface area contributed by atoms with Crippen LogP contribution in [0, 0.1) is 6.92 Å². The van der Waals surface area contributed by atoms with E-state index in [-0.39, 0.29) is 0 Å². The van der Waals surface area contributed by atoms with Crippen LogP contribution in [0.15, 0.2) is 36.8 Å². The van der Waals surface area contributed by atoms with Gasteiger partial charge in [0.25, 0.3) is 0 Å². The van der Waals surface area contributed by atoms with Gasteiger partial charge in [-0.15, -0.1) is 11.3 Å². The molecule has 9 nitrogen and oxygen atoms in total. The molecule has 1 unspecified atom stereocenters. The number of aromatic nitrogens is 4. The number of aliphatic carboxylic acids is 2. The number of hydrogen-bond acceptors (Lipinski definition) is 6. The van der Waals surface area contributed by atoms with E-state index in [4.69, 9.17) is 24.8 Å². The fourth-order valence-electron chi connectivity index (χ4n) is 3.28. The largest absolute Gasteiger partial charge is 0.490 e. The van der Waals surface area contributed by atoms with Crippen molar-refractivity contribution in [2.45, 2.75) is 51.9 Å². The predicted octanol–water partition coefficient (Wildman–Crippen LogP) is 4.34. The normalized spacial score (nSPS) is 15.6. The number of hydrogen-bond donors (Lipinski definition) is 2. The highest BCUT2D eigenvalue weighted by Gasteiger charge is 2.38. The van der Waals surface area contributed by atoms with Crippen LogP contribution in [-0.2, 0) is 29.2 Å². The molecule has 0 radical (unpaired) electrons. The summed E-state index contributed by atoms with van der Waals surface area (Å²) in [6.45, 7) is 8.30. The monoisotopic (exact) mass is 555 g/mol. The Labute approximate surface area is 210 Å². The van der Waals surface area contributed by atoms with Crippen LogP contribution in [-0.4, -0.2) is 65.3 Å². The number of imidazole rings is 1. The lowest BCUT2D eigenvalue weighted by Gasteiger charge is -2.34. The molecule has 0 bridgehead atoms. The van der Waals surface area contributed by atoms with E-state index in [1.54, 1.807) is 0 Å². The Morgan fingerprint density at radius 2 is 1.65 bits per heavy atom. The molecule has 0 aliphatic carbocycles. The predicted molar refractivity (Wildman–Crippen MR) is 119 cm³/mol. The number of nitrogens with zero attached hydrogens (tertiary/aromatic N) is 5. The number of alkyl halides is 6. The van der Waals surface area contributed by atoms with Crippen molar-refractivity contribution >= 4 is 23.3 Å². The SMILES string of the molecule is Cc1ccc(CN2CCn3c(Cn4cccn4)cnc3C2C)s1.O=C(O)C(F)(F)F.O=C(O)C(F)(F)F. The number of carboxylic acids is 2. The molecule has 0 saturated carbocycles. The first-order valence-corrected chi connectivity index (χ1v) is 11.3. The number of thiophene rings is 1. The highest BCUT2D eigenvalue weighted by molar-refractivity contribution is 7.11. The second kappa shape index (κ2) is 12.2. The van der Waals surface area contributed by atoms with Crippen LogP contribution in [0.5, 0.6) is 0 Å². The zero-order valence-electron chi connectivity index (χ0n) is 19.5. The van der Waals surface area contributed by atoms with Crippen LogP contribution in [0.3, 0.4) is 0 Å². The lowest BCUT2D eigenvalue weighted by molar-refractivity contribution is -0.193. The Bertz CT molecular complexity index is 1150. The molecule has 0 spiro atoms.